The van der Waals surface area contributed by atoms with Gasteiger partial charge >= 0.3 is 0 Å². The molecule has 1 rings (SSSR count). The van der Waals surface area contributed by atoms with Gasteiger partial charge in [-0.15, -0.1) is 0 Å². The molecule has 1 fully saturated rings. The molecule has 0 spiro atoms. The van der Waals surface area contributed by atoms with Crippen LogP contribution in [0.25, 0.3) is 0 Å². The molecule has 1 heterocycles. The number of carboxylic acids is 1. The Bertz CT molecular complexity index is 169. The third kappa shape index (κ3) is 6.50. The van der Waals surface area contributed by atoms with E-state index in [1.807, 2.05) is 0 Å². The quantitative estimate of drug-likeness (QED) is 0.452. The summed E-state index contributed by atoms with van der Waals surface area (Å²) in [5.74, 6) is -0.991. The van der Waals surface area contributed by atoms with Crippen LogP contribution in [0.15, 0.2) is 0 Å². The first-order chi connectivity index (χ1) is 5.02. The van der Waals surface area contributed by atoms with Crippen molar-refractivity contribution in [2.75, 3.05) is 6.54 Å². The molecule has 0 aromatic heterocycles. The van der Waals surface area contributed by atoms with Crippen LogP contribution in [-0.2, 0) is 14.4 Å². The first kappa shape index (κ1) is 9.61. The van der Waals surface area contributed by atoms with Gasteiger partial charge in [-0.05, 0) is 0 Å². The van der Waals surface area contributed by atoms with Gasteiger partial charge in [0.2, 0.25) is 5.91 Å². The fourth-order valence-electron chi connectivity index (χ4n) is 0.501. The lowest BCUT2D eigenvalue weighted by Gasteiger charge is -1.78. The molecule has 0 radical (unpaired) electrons. The Balaban J connectivity index is 0.000000218. The predicted octanol–water partition coefficient (Wildman–Crippen LogP) is -0.834. The van der Waals surface area contributed by atoms with Gasteiger partial charge in [-0.25, -0.2) is 0 Å². The van der Waals surface area contributed by atoms with Crippen LogP contribution in [0.1, 0.15) is 13.3 Å². The Hall–Kier alpha value is -1.39. The lowest BCUT2D eigenvalue weighted by Crippen LogP contribution is -2.13. The molecule has 1 aliphatic rings. The maximum Gasteiger partial charge on any atom is 0.300 e. The monoisotopic (exact) mass is 159 g/mol. The van der Waals surface area contributed by atoms with E-state index in [-0.39, 0.29) is 24.7 Å². The summed E-state index contributed by atoms with van der Waals surface area (Å²) in [6, 6.07) is 0. The summed E-state index contributed by atoms with van der Waals surface area (Å²) in [6.45, 7) is 1.32. The average Bonchev–Trinajstić information content (AvgIpc) is 2.13. The summed E-state index contributed by atoms with van der Waals surface area (Å²) in [5, 5.41) is 9.80. The first-order valence-electron chi connectivity index (χ1n) is 3.00. The highest BCUT2D eigenvalue weighted by molar-refractivity contribution is 6.05. The van der Waals surface area contributed by atoms with Gasteiger partial charge < -0.3 is 10.4 Å². The number of aliphatic carboxylic acids is 1. The molecule has 0 aromatic rings. The molecule has 0 aliphatic carbocycles. The Morgan fingerprint density at radius 3 is 2.09 bits per heavy atom. The smallest absolute Gasteiger partial charge is 0.300 e. The zero-order chi connectivity index (χ0) is 8.85. The third-order valence-corrected chi connectivity index (χ3v) is 0.840. The second kappa shape index (κ2) is 4.43. The van der Waals surface area contributed by atoms with Gasteiger partial charge in [0.15, 0.2) is 5.78 Å². The van der Waals surface area contributed by atoms with Crippen LogP contribution in [-0.4, -0.2) is 29.3 Å². The zero-order valence-corrected chi connectivity index (χ0v) is 6.09. The number of ketones is 1. The second-order valence-corrected chi connectivity index (χ2v) is 2.01. The van der Waals surface area contributed by atoms with Crippen LogP contribution < -0.4 is 5.32 Å². The van der Waals surface area contributed by atoms with Gasteiger partial charge in [0.25, 0.3) is 5.97 Å². The molecule has 0 atom stereocenters. The third-order valence-electron chi connectivity index (χ3n) is 0.840. The van der Waals surface area contributed by atoms with E-state index in [1.165, 1.54) is 0 Å². The van der Waals surface area contributed by atoms with E-state index in [0.717, 1.165) is 6.92 Å². The molecule has 0 aromatic carbocycles. The fourth-order valence-corrected chi connectivity index (χ4v) is 0.501. The van der Waals surface area contributed by atoms with Crippen LogP contribution in [0.5, 0.6) is 0 Å². The molecule has 5 heteroatoms. The number of carbonyl (C=O) groups excluding carboxylic acids is 2. The Labute approximate surface area is 63.4 Å². The molecule has 1 saturated heterocycles. The van der Waals surface area contributed by atoms with E-state index in [2.05, 4.69) is 5.32 Å². The maximum atomic E-state index is 10.2. The van der Waals surface area contributed by atoms with Crippen LogP contribution >= 0.6 is 0 Å². The number of hydrogen-bond acceptors (Lipinski definition) is 3. The van der Waals surface area contributed by atoms with Crippen molar-refractivity contribution in [3.8, 4) is 0 Å². The number of amides is 1. The van der Waals surface area contributed by atoms with Crippen LogP contribution in [0.3, 0.4) is 0 Å². The summed E-state index contributed by atoms with van der Waals surface area (Å²) >= 11 is 0. The van der Waals surface area contributed by atoms with Crippen molar-refractivity contribution in [2.24, 2.45) is 0 Å². The zero-order valence-electron chi connectivity index (χ0n) is 6.09. The van der Waals surface area contributed by atoms with Crippen molar-refractivity contribution in [1.82, 2.24) is 5.32 Å². The van der Waals surface area contributed by atoms with Crippen LogP contribution in [0.2, 0.25) is 0 Å². The number of rotatable bonds is 0. The molecule has 0 bridgehead atoms. The minimum Gasteiger partial charge on any atom is -0.481 e. The lowest BCUT2D eigenvalue weighted by atomic mass is 10.3. The van der Waals surface area contributed by atoms with Crippen LogP contribution in [0.4, 0.5) is 0 Å². The van der Waals surface area contributed by atoms with E-state index in [9.17, 15) is 9.59 Å². The molecule has 1 aliphatic heterocycles. The highest BCUT2D eigenvalue weighted by Crippen LogP contribution is 1.88. The SMILES string of the molecule is CC(=O)O.O=C1CNC(=O)C1. The van der Waals surface area contributed by atoms with Gasteiger partial charge in [-0.3, -0.25) is 14.4 Å². The van der Waals surface area contributed by atoms with Crippen molar-refractivity contribution >= 4 is 17.7 Å². The molecule has 0 unspecified atom stereocenters. The maximum absolute atomic E-state index is 10.2. The van der Waals surface area contributed by atoms with E-state index in [0.29, 0.717) is 0 Å². The highest BCUT2D eigenvalue weighted by Gasteiger charge is 2.16. The lowest BCUT2D eigenvalue weighted by molar-refractivity contribution is -0.134. The molecular formula is C6H9NO4. The van der Waals surface area contributed by atoms with Gasteiger partial charge in [-0.2, -0.15) is 0 Å². The van der Waals surface area contributed by atoms with Crippen molar-refractivity contribution in [1.29, 1.82) is 0 Å². The first-order valence-corrected chi connectivity index (χ1v) is 3.00. The van der Waals surface area contributed by atoms with Crippen LogP contribution in [0, 0.1) is 0 Å². The summed E-state index contributed by atoms with van der Waals surface area (Å²) in [6.07, 6.45) is 0.0833. The largest absolute Gasteiger partial charge is 0.481 e. The average molecular weight is 159 g/mol. The van der Waals surface area contributed by atoms with E-state index >= 15 is 0 Å². The Kier molecular flexibility index (Phi) is 3.87. The van der Waals surface area contributed by atoms with Crippen molar-refractivity contribution < 1.29 is 19.5 Å². The number of Topliss-reactive ketones (excluding diaryl/α,β-unsaturated/α-hetero) is 1. The van der Waals surface area contributed by atoms with Gasteiger partial charge in [0.1, 0.15) is 0 Å². The summed E-state index contributed by atoms with van der Waals surface area (Å²) in [7, 11) is 0. The number of carboxylic acid groups (broad SMARTS) is 1. The Morgan fingerprint density at radius 1 is 1.55 bits per heavy atom. The molecule has 2 N–H and O–H groups in total. The number of carbonyl (C=O) groups is 3. The van der Waals surface area contributed by atoms with E-state index < -0.39 is 5.97 Å². The minimum atomic E-state index is -0.833. The summed E-state index contributed by atoms with van der Waals surface area (Å²) in [4.78, 5) is 29.3. The fraction of sp³-hybridized carbons (Fsp3) is 0.500. The number of hydrogen-bond donors (Lipinski definition) is 2. The van der Waals surface area contributed by atoms with Gasteiger partial charge in [-0.1, -0.05) is 0 Å². The summed E-state index contributed by atoms with van der Waals surface area (Å²) < 4.78 is 0. The van der Waals surface area contributed by atoms with E-state index in [4.69, 9.17) is 9.90 Å². The second-order valence-electron chi connectivity index (χ2n) is 2.01. The number of nitrogens with one attached hydrogen (secondary N) is 1. The van der Waals surface area contributed by atoms with E-state index in [1.54, 1.807) is 0 Å². The normalized spacial score (nSPS) is 15.0. The highest BCUT2D eigenvalue weighted by atomic mass is 16.4. The van der Waals surface area contributed by atoms with Crippen molar-refractivity contribution in [2.45, 2.75) is 13.3 Å². The molecule has 5 nitrogen and oxygen atoms in total. The van der Waals surface area contributed by atoms with Crippen molar-refractivity contribution in [3.63, 3.8) is 0 Å². The standard InChI is InChI=1S/C4H5NO2.C2H4O2/c6-3-1-4(7)5-2-3;1-2(3)4/h1-2H2,(H,5,7);1H3,(H,3,4). The van der Waals surface area contributed by atoms with Crippen molar-refractivity contribution in [3.05, 3.63) is 0 Å². The van der Waals surface area contributed by atoms with Gasteiger partial charge in [0, 0.05) is 6.92 Å². The topological polar surface area (TPSA) is 83.5 Å². The minimum absolute atomic E-state index is 0.00926. The molecule has 62 valence electrons. The predicted molar refractivity (Wildman–Crippen MR) is 35.9 cm³/mol. The molecule has 1 amide bonds. The summed E-state index contributed by atoms with van der Waals surface area (Å²) in [5.41, 5.74) is 0. The Morgan fingerprint density at radius 2 is 2.00 bits per heavy atom. The molecule has 0 saturated carbocycles. The molecular weight excluding hydrogens is 150 g/mol. The molecule has 11 heavy (non-hydrogen) atoms. The van der Waals surface area contributed by atoms with Gasteiger partial charge in [0.05, 0.1) is 13.0 Å².